The third-order valence-electron chi connectivity index (χ3n) is 3.81. The Morgan fingerprint density at radius 2 is 1.85 bits per heavy atom. The van der Waals surface area contributed by atoms with Crippen LogP contribution in [0, 0.1) is 0 Å². The molecule has 0 amide bonds. The van der Waals surface area contributed by atoms with Gasteiger partial charge in [0.2, 0.25) is 5.60 Å². The van der Waals surface area contributed by atoms with Crippen molar-refractivity contribution in [1.29, 1.82) is 0 Å². The van der Waals surface area contributed by atoms with E-state index >= 15 is 0 Å². The summed E-state index contributed by atoms with van der Waals surface area (Å²) in [7, 11) is 1.81. The number of para-hydroxylation sites is 1. The summed E-state index contributed by atoms with van der Waals surface area (Å²) in [5.74, 6) is 0.233. The van der Waals surface area contributed by atoms with Gasteiger partial charge in [-0.25, -0.2) is 0 Å². The Hall–Kier alpha value is -1.27. The molecule has 112 valence electrons. The molecular weight excluding hydrogens is 269 g/mol. The van der Waals surface area contributed by atoms with Gasteiger partial charge in [-0.1, -0.05) is 18.2 Å². The van der Waals surface area contributed by atoms with E-state index in [-0.39, 0.29) is 25.1 Å². The maximum Gasteiger partial charge on any atom is 0.428 e. The lowest BCUT2D eigenvalue weighted by Crippen LogP contribution is -2.56. The number of piperidine rings is 1. The number of nitrogens with two attached hydrogens (primary N) is 1. The average Bonchev–Trinajstić information content (AvgIpc) is 2.41. The first-order chi connectivity index (χ1) is 9.38. The van der Waals surface area contributed by atoms with Crippen molar-refractivity contribution in [3.8, 4) is 5.75 Å². The Balaban J connectivity index is 2.29. The maximum absolute atomic E-state index is 13.5. The average molecular weight is 288 g/mol. The number of likely N-dealkylation sites (tertiary alicyclic amines) is 1. The highest BCUT2D eigenvalue weighted by Gasteiger charge is 2.58. The van der Waals surface area contributed by atoms with Crippen LogP contribution in [0.15, 0.2) is 24.3 Å². The van der Waals surface area contributed by atoms with E-state index < -0.39 is 11.8 Å². The third kappa shape index (κ3) is 2.91. The summed E-state index contributed by atoms with van der Waals surface area (Å²) in [6.07, 6.45) is -4.52. The molecule has 1 aromatic rings. The van der Waals surface area contributed by atoms with Gasteiger partial charge in [0.1, 0.15) is 5.75 Å². The highest BCUT2D eigenvalue weighted by Crippen LogP contribution is 2.42. The summed E-state index contributed by atoms with van der Waals surface area (Å²) in [4.78, 5) is 1.88. The first-order valence-corrected chi connectivity index (χ1v) is 6.60. The zero-order chi connectivity index (χ0) is 14.8. The molecule has 0 atom stereocenters. The fourth-order valence-electron chi connectivity index (χ4n) is 2.41. The van der Waals surface area contributed by atoms with E-state index in [1.54, 1.807) is 24.3 Å². The zero-order valence-electron chi connectivity index (χ0n) is 11.4. The van der Waals surface area contributed by atoms with Gasteiger partial charge in [0, 0.05) is 38.0 Å². The van der Waals surface area contributed by atoms with E-state index in [0.717, 1.165) is 0 Å². The van der Waals surface area contributed by atoms with Crippen molar-refractivity contribution < 1.29 is 17.9 Å². The molecule has 2 N–H and O–H groups in total. The van der Waals surface area contributed by atoms with E-state index in [0.29, 0.717) is 18.7 Å². The lowest BCUT2D eigenvalue weighted by atomic mass is 9.90. The Bertz CT molecular complexity index is 454. The van der Waals surface area contributed by atoms with Gasteiger partial charge >= 0.3 is 6.18 Å². The van der Waals surface area contributed by atoms with Crippen molar-refractivity contribution in [2.45, 2.75) is 31.2 Å². The predicted octanol–water partition coefficient (Wildman–Crippen LogP) is 2.55. The van der Waals surface area contributed by atoms with E-state index in [2.05, 4.69) is 0 Å². The van der Waals surface area contributed by atoms with Gasteiger partial charge in [-0.15, -0.1) is 0 Å². The van der Waals surface area contributed by atoms with E-state index in [1.807, 2.05) is 11.9 Å². The van der Waals surface area contributed by atoms with Gasteiger partial charge < -0.3 is 15.4 Å². The number of benzene rings is 1. The molecule has 1 aromatic carbocycles. The van der Waals surface area contributed by atoms with Crippen LogP contribution in [0.1, 0.15) is 18.4 Å². The van der Waals surface area contributed by atoms with E-state index in [9.17, 15) is 13.2 Å². The summed E-state index contributed by atoms with van der Waals surface area (Å²) in [5.41, 5.74) is 4.05. The van der Waals surface area contributed by atoms with Crippen molar-refractivity contribution in [1.82, 2.24) is 4.90 Å². The van der Waals surface area contributed by atoms with Gasteiger partial charge in [-0.2, -0.15) is 13.2 Å². The molecule has 0 unspecified atom stereocenters. The second kappa shape index (κ2) is 5.61. The van der Waals surface area contributed by atoms with Crippen LogP contribution in [0.4, 0.5) is 13.2 Å². The molecule has 2 rings (SSSR count). The molecule has 1 fully saturated rings. The van der Waals surface area contributed by atoms with Gasteiger partial charge in [0.05, 0.1) is 0 Å². The summed E-state index contributed by atoms with van der Waals surface area (Å²) >= 11 is 0. The Labute approximate surface area is 116 Å². The number of alkyl halides is 3. The fourth-order valence-corrected chi connectivity index (χ4v) is 2.41. The zero-order valence-corrected chi connectivity index (χ0v) is 11.4. The van der Waals surface area contributed by atoms with Gasteiger partial charge in [-0.05, 0) is 13.1 Å². The van der Waals surface area contributed by atoms with Crippen molar-refractivity contribution in [3.63, 3.8) is 0 Å². The number of halogens is 3. The fraction of sp³-hybridized carbons (Fsp3) is 0.571. The molecule has 0 aliphatic carbocycles. The first kappa shape index (κ1) is 15.1. The number of hydrogen-bond acceptors (Lipinski definition) is 3. The molecule has 1 heterocycles. The van der Waals surface area contributed by atoms with Crippen LogP contribution in [0.3, 0.4) is 0 Å². The molecule has 1 saturated heterocycles. The molecule has 3 nitrogen and oxygen atoms in total. The van der Waals surface area contributed by atoms with Crippen molar-refractivity contribution in [3.05, 3.63) is 29.8 Å². The van der Waals surface area contributed by atoms with Crippen LogP contribution in [0.5, 0.6) is 5.75 Å². The van der Waals surface area contributed by atoms with Crippen LogP contribution in [-0.4, -0.2) is 36.8 Å². The SMILES string of the molecule is CN1CCC(Oc2ccccc2CN)(C(F)(F)F)CC1. The van der Waals surface area contributed by atoms with Gasteiger partial charge in [0.15, 0.2) is 0 Å². The summed E-state index contributed by atoms with van der Waals surface area (Å²) in [5, 5.41) is 0. The molecule has 0 saturated carbocycles. The third-order valence-corrected chi connectivity index (χ3v) is 3.81. The first-order valence-electron chi connectivity index (χ1n) is 6.60. The summed E-state index contributed by atoms with van der Waals surface area (Å²) < 4.78 is 45.9. The van der Waals surface area contributed by atoms with E-state index in [4.69, 9.17) is 10.5 Å². The van der Waals surface area contributed by atoms with Gasteiger partial charge in [-0.3, -0.25) is 0 Å². The maximum atomic E-state index is 13.5. The monoisotopic (exact) mass is 288 g/mol. The highest BCUT2D eigenvalue weighted by atomic mass is 19.4. The summed E-state index contributed by atoms with van der Waals surface area (Å²) in [6.45, 7) is 0.888. The quantitative estimate of drug-likeness (QED) is 0.929. The number of nitrogens with zero attached hydrogens (tertiary/aromatic N) is 1. The van der Waals surface area contributed by atoms with Crippen LogP contribution >= 0.6 is 0 Å². The molecular formula is C14H19F3N2O. The second-order valence-electron chi connectivity index (χ2n) is 5.21. The Kier molecular flexibility index (Phi) is 4.25. The molecule has 0 bridgehead atoms. The van der Waals surface area contributed by atoms with Crippen LogP contribution < -0.4 is 10.5 Å². The Morgan fingerprint density at radius 1 is 1.25 bits per heavy atom. The van der Waals surface area contributed by atoms with Crippen molar-refractivity contribution in [2.75, 3.05) is 20.1 Å². The van der Waals surface area contributed by atoms with Crippen molar-refractivity contribution in [2.24, 2.45) is 5.73 Å². The smallest absolute Gasteiger partial charge is 0.428 e. The standard InChI is InChI=1S/C14H19F3N2O/c1-19-8-6-13(7-9-19,14(15,16)17)20-12-5-3-2-4-11(12)10-18/h2-5H,6-10,18H2,1H3. The minimum absolute atomic E-state index is 0.0636. The lowest BCUT2D eigenvalue weighted by molar-refractivity contribution is -0.260. The Morgan fingerprint density at radius 3 is 2.40 bits per heavy atom. The molecule has 6 heteroatoms. The molecule has 1 aliphatic rings. The molecule has 0 aromatic heterocycles. The number of hydrogen-bond donors (Lipinski definition) is 1. The highest BCUT2D eigenvalue weighted by molar-refractivity contribution is 5.34. The molecule has 1 aliphatic heterocycles. The van der Waals surface area contributed by atoms with Gasteiger partial charge in [0.25, 0.3) is 0 Å². The molecule has 0 radical (unpaired) electrons. The van der Waals surface area contributed by atoms with Crippen LogP contribution in [0.25, 0.3) is 0 Å². The number of rotatable bonds is 3. The number of ether oxygens (including phenoxy) is 1. The van der Waals surface area contributed by atoms with Crippen LogP contribution in [-0.2, 0) is 6.54 Å². The normalized spacial score (nSPS) is 19.9. The van der Waals surface area contributed by atoms with E-state index in [1.165, 1.54) is 0 Å². The molecule has 0 spiro atoms. The second-order valence-corrected chi connectivity index (χ2v) is 5.21. The molecule has 20 heavy (non-hydrogen) atoms. The lowest BCUT2D eigenvalue weighted by Gasteiger charge is -2.42. The van der Waals surface area contributed by atoms with Crippen LogP contribution in [0.2, 0.25) is 0 Å². The summed E-state index contributed by atoms with van der Waals surface area (Å²) in [6, 6.07) is 6.64. The topological polar surface area (TPSA) is 38.5 Å². The minimum atomic E-state index is -4.39. The minimum Gasteiger partial charge on any atom is -0.477 e. The largest absolute Gasteiger partial charge is 0.477 e. The predicted molar refractivity (Wildman–Crippen MR) is 70.5 cm³/mol. The van der Waals surface area contributed by atoms with Crippen molar-refractivity contribution >= 4 is 0 Å².